The molecule has 15 heavy (non-hydrogen) atoms. The summed E-state index contributed by atoms with van der Waals surface area (Å²) in [6.07, 6.45) is 0. The molecule has 11 heteroatoms. The molecular formula is C4H12FeN2O6S2+2. The molecule has 0 aliphatic heterocycles. The van der Waals surface area contributed by atoms with E-state index in [9.17, 15) is 25.9 Å². The van der Waals surface area contributed by atoms with Gasteiger partial charge >= 0.3 is 17.1 Å². The van der Waals surface area contributed by atoms with Gasteiger partial charge in [0.1, 0.15) is 0 Å². The third kappa shape index (κ3) is 31.4. The predicted octanol–water partition coefficient (Wildman–Crippen LogP) is -3.02. The second kappa shape index (κ2) is 9.48. The van der Waals surface area contributed by atoms with Crippen molar-refractivity contribution in [1.82, 2.24) is 0 Å². The van der Waals surface area contributed by atoms with Gasteiger partial charge in [-0.05, 0) is 0 Å². The van der Waals surface area contributed by atoms with Gasteiger partial charge in [-0.25, -0.2) is 16.8 Å². The molecule has 0 bridgehead atoms. The minimum atomic E-state index is -4.05. The summed E-state index contributed by atoms with van der Waals surface area (Å²) < 4.78 is 57.6. The summed E-state index contributed by atoms with van der Waals surface area (Å²) in [6.45, 7) is -0.183. The average molecular weight is 304 g/mol. The molecule has 0 rings (SSSR count). The summed E-state index contributed by atoms with van der Waals surface area (Å²) >= 11 is 0. The minimum Gasteiger partial charge on any atom is -0.748 e. The molecule has 0 aromatic rings. The van der Waals surface area contributed by atoms with Gasteiger partial charge in [0, 0.05) is 13.1 Å². The van der Waals surface area contributed by atoms with E-state index in [1.807, 2.05) is 0 Å². The van der Waals surface area contributed by atoms with Crippen LogP contribution in [0.4, 0.5) is 0 Å². The van der Waals surface area contributed by atoms with Crippen molar-refractivity contribution in [3.63, 3.8) is 0 Å². The molecule has 4 N–H and O–H groups in total. The van der Waals surface area contributed by atoms with Crippen molar-refractivity contribution in [2.75, 3.05) is 24.6 Å². The Morgan fingerprint density at radius 2 is 1.00 bits per heavy atom. The molecule has 0 spiro atoms. The van der Waals surface area contributed by atoms with Crippen LogP contribution in [0.2, 0.25) is 0 Å². The van der Waals surface area contributed by atoms with E-state index in [1.165, 1.54) is 0 Å². The molecular weight excluding hydrogens is 292 g/mol. The summed E-state index contributed by atoms with van der Waals surface area (Å²) in [4.78, 5) is 0. The van der Waals surface area contributed by atoms with E-state index in [4.69, 9.17) is 11.5 Å². The number of hydrogen-bond donors (Lipinski definition) is 2. The second-order valence-corrected chi connectivity index (χ2v) is 5.15. The van der Waals surface area contributed by atoms with E-state index in [2.05, 4.69) is 0 Å². The van der Waals surface area contributed by atoms with Crippen molar-refractivity contribution in [3.05, 3.63) is 0 Å². The molecule has 0 amide bonds. The maximum Gasteiger partial charge on any atom is 4.00 e. The minimum absolute atomic E-state index is 0. The smallest absolute Gasteiger partial charge is 0.748 e. The maximum atomic E-state index is 9.60. The van der Waals surface area contributed by atoms with Crippen LogP contribution in [0.1, 0.15) is 0 Å². The molecule has 0 aliphatic carbocycles. The van der Waals surface area contributed by atoms with Crippen LogP contribution >= 0.6 is 0 Å². The van der Waals surface area contributed by atoms with Crippen LogP contribution in [0.15, 0.2) is 0 Å². The van der Waals surface area contributed by atoms with Gasteiger partial charge < -0.3 is 20.6 Å². The fourth-order valence-electron chi connectivity index (χ4n) is 0.289. The van der Waals surface area contributed by atoms with Gasteiger partial charge in [-0.2, -0.15) is 0 Å². The number of rotatable bonds is 4. The molecule has 0 unspecified atom stereocenters. The predicted molar refractivity (Wildman–Crippen MR) is 47.2 cm³/mol. The van der Waals surface area contributed by atoms with Gasteiger partial charge in [-0.3, -0.25) is 0 Å². The van der Waals surface area contributed by atoms with Crippen LogP contribution in [0, 0.1) is 0 Å². The first kappa shape index (κ1) is 20.6. The fourth-order valence-corrected chi connectivity index (χ4v) is 0.866. The van der Waals surface area contributed by atoms with Gasteiger partial charge in [0.2, 0.25) is 0 Å². The molecule has 0 radical (unpaired) electrons. The van der Waals surface area contributed by atoms with E-state index in [1.54, 1.807) is 0 Å². The molecule has 0 atom stereocenters. The SMILES string of the molecule is NCCS(=O)(=O)[O-].NCCS(=O)(=O)[O-].[Fe+4]. The molecule has 0 aromatic carbocycles. The Hall–Kier alpha value is 0.259. The Balaban J connectivity index is -0.000000180. The van der Waals surface area contributed by atoms with Crippen molar-refractivity contribution in [3.8, 4) is 0 Å². The van der Waals surface area contributed by atoms with Gasteiger partial charge in [0.25, 0.3) is 0 Å². The zero-order chi connectivity index (χ0) is 11.8. The van der Waals surface area contributed by atoms with Gasteiger partial charge in [0.05, 0.1) is 31.7 Å². The Morgan fingerprint density at radius 3 is 1.00 bits per heavy atom. The van der Waals surface area contributed by atoms with Crippen molar-refractivity contribution < 1.29 is 43.0 Å². The zero-order valence-electron chi connectivity index (χ0n) is 7.60. The summed E-state index contributed by atoms with van der Waals surface area (Å²) in [7, 11) is -8.10. The van der Waals surface area contributed by atoms with Crippen molar-refractivity contribution >= 4 is 20.2 Å². The molecule has 8 nitrogen and oxygen atoms in total. The van der Waals surface area contributed by atoms with E-state index in [0.29, 0.717) is 0 Å². The summed E-state index contributed by atoms with van der Waals surface area (Å²) in [5.41, 5.74) is 9.47. The topological polar surface area (TPSA) is 166 Å². The van der Waals surface area contributed by atoms with Crippen LogP contribution in [-0.2, 0) is 37.3 Å². The van der Waals surface area contributed by atoms with E-state index in [-0.39, 0.29) is 30.2 Å². The van der Waals surface area contributed by atoms with E-state index in [0.717, 1.165) is 0 Å². The maximum absolute atomic E-state index is 9.60. The molecule has 0 fully saturated rings. The first-order valence-corrected chi connectivity index (χ1v) is 6.55. The first-order valence-electron chi connectivity index (χ1n) is 3.39. The summed E-state index contributed by atoms with van der Waals surface area (Å²) in [6, 6.07) is 0. The second-order valence-electron chi connectivity index (χ2n) is 2.10. The number of hydrogen-bond acceptors (Lipinski definition) is 8. The monoisotopic (exact) mass is 304 g/mol. The third-order valence-corrected chi connectivity index (χ3v) is 2.21. The Labute approximate surface area is 99.4 Å². The van der Waals surface area contributed by atoms with Crippen LogP contribution in [0.25, 0.3) is 0 Å². The standard InChI is InChI=1S/2C2H7NO3S.Fe/c2*3-1-2-7(4,5)6;/h2*1-3H2,(H,4,5,6);/q;;+4/p-2. The normalized spacial score (nSPS) is 10.9. The third-order valence-electron chi connectivity index (χ3n) is 0.736. The molecule has 92 valence electrons. The fraction of sp³-hybridized carbons (Fsp3) is 1.00. The first-order chi connectivity index (χ1) is 6.12. The Morgan fingerprint density at radius 1 is 0.800 bits per heavy atom. The van der Waals surface area contributed by atoms with Gasteiger partial charge in [-0.15, -0.1) is 0 Å². The summed E-state index contributed by atoms with van der Waals surface area (Å²) in [5.74, 6) is -0.931. The Bertz CT molecular complexity index is 291. The van der Waals surface area contributed by atoms with E-state index < -0.39 is 31.7 Å². The van der Waals surface area contributed by atoms with Crippen LogP contribution in [-0.4, -0.2) is 50.5 Å². The number of nitrogens with two attached hydrogens (primary N) is 2. The zero-order valence-corrected chi connectivity index (χ0v) is 10.3. The van der Waals surface area contributed by atoms with Crippen molar-refractivity contribution in [2.24, 2.45) is 11.5 Å². The molecule has 0 aromatic heterocycles. The summed E-state index contributed by atoms with van der Waals surface area (Å²) in [5, 5.41) is 0. The van der Waals surface area contributed by atoms with Crippen LogP contribution in [0.3, 0.4) is 0 Å². The average Bonchev–Trinajstić information content (AvgIpc) is 1.81. The molecule has 0 saturated carbocycles. The van der Waals surface area contributed by atoms with E-state index >= 15 is 0 Å². The van der Waals surface area contributed by atoms with Crippen molar-refractivity contribution in [1.29, 1.82) is 0 Å². The molecule has 0 saturated heterocycles. The quantitative estimate of drug-likeness (QED) is 0.408. The molecule has 0 heterocycles. The van der Waals surface area contributed by atoms with Crippen molar-refractivity contribution in [2.45, 2.75) is 0 Å². The van der Waals surface area contributed by atoms with Crippen LogP contribution < -0.4 is 11.5 Å². The van der Waals surface area contributed by atoms with Crippen LogP contribution in [0.5, 0.6) is 0 Å². The van der Waals surface area contributed by atoms with Gasteiger partial charge in [0.15, 0.2) is 0 Å². The van der Waals surface area contributed by atoms with Gasteiger partial charge in [-0.1, -0.05) is 0 Å². The largest absolute Gasteiger partial charge is 4.00 e. The Kier molecular flexibility index (Phi) is 13.1. The molecule has 0 aliphatic rings.